The van der Waals surface area contributed by atoms with Crippen LogP contribution in [0.5, 0.6) is 34.5 Å². The average Bonchev–Trinajstić information content (AvgIpc) is 2.97. The maximum absolute atomic E-state index is 13.7. The van der Waals surface area contributed by atoms with Gasteiger partial charge in [-0.1, -0.05) is 0 Å². The quantitative estimate of drug-likeness (QED) is 0.132. The number of fused-ring (bicyclic) bond motifs is 1. The van der Waals surface area contributed by atoms with Crippen LogP contribution in [0.1, 0.15) is 6.92 Å². The number of benzene rings is 2. The van der Waals surface area contributed by atoms with Crippen molar-refractivity contribution in [2.45, 2.75) is 68.3 Å². The van der Waals surface area contributed by atoms with Gasteiger partial charge in [0.15, 0.2) is 35.4 Å². The van der Waals surface area contributed by atoms with Gasteiger partial charge in [-0.15, -0.1) is 0 Å². The molecule has 17 nitrogen and oxygen atoms in total. The minimum absolute atomic E-state index is 0.279. The molecule has 5 rings (SSSR count). The SMILES string of the molecule is CC1O[C@@H](OC2[C@H](Oc3c(-c4cc(O)c(O)c(O)c4)oc4cc(O)cc(O)c4c3=O)OC(CO)[C@@H](O)[C@@H]2O)[C@@H](O)C(O)[C@H]1O. The smallest absolute Gasteiger partial charge is 0.239 e. The summed E-state index contributed by atoms with van der Waals surface area (Å²) in [6.07, 6.45) is -17.1. The molecule has 0 amide bonds. The van der Waals surface area contributed by atoms with Gasteiger partial charge in [0, 0.05) is 17.7 Å². The predicted molar refractivity (Wildman–Crippen MR) is 142 cm³/mol. The Balaban J connectivity index is 1.64. The van der Waals surface area contributed by atoms with E-state index in [4.69, 9.17) is 23.4 Å². The third-order valence-electron chi connectivity index (χ3n) is 7.41. The van der Waals surface area contributed by atoms with Gasteiger partial charge in [0.25, 0.3) is 0 Å². The Morgan fingerprint density at radius 3 is 2.07 bits per heavy atom. The van der Waals surface area contributed by atoms with Crippen LogP contribution >= 0.6 is 0 Å². The molecule has 0 spiro atoms. The lowest BCUT2D eigenvalue weighted by atomic mass is 9.97. The Kier molecular flexibility index (Phi) is 8.51. The highest BCUT2D eigenvalue weighted by atomic mass is 16.8. The highest BCUT2D eigenvalue weighted by molar-refractivity contribution is 5.88. The fourth-order valence-electron chi connectivity index (χ4n) is 4.99. The Labute approximate surface area is 246 Å². The second-order valence-corrected chi connectivity index (χ2v) is 10.4. The first-order valence-corrected chi connectivity index (χ1v) is 13.2. The van der Waals surface area contributed by atoms with Gasteiger partial charge in [-0.3, -0.25) is 4.79 Å². The molecular formula is C27H30O17. The van der Waals surface area contributed by atoms with Crippen molar-refractivity contribution in [2.75, 3.05) is 6.61 Å². The molecule has 240 valence electrons. The van der Waals surface area contributed by atoms with Crippen LogP contribution in [0.15, 0.2) is 33.5 Å². The van der Waals surface area contributed by atoms with E-state index in [-0.39, 0.29) is 11.1 Å². The predicted octanol–water partition coefficient (Wildman–Crippen LogP) is -1.98. The summed E-state index contributed by atoms with van der Waals surface area (Å²) in [5.74, 6) is -5.23. The summed E-state index contributed by atoms with van der Waals surface area (Å²) in [7, 11) is 0. The van der Waals surface area contributed by atoms with Crippen molar-refractivity contribution in [3.8, 4) is 45.8 Å². The van der Waals surface area contributed by atoms with E-state index in [0.717, 1.165) is 24.3 Å². The summed E-state index contributed by atoms with van der Waals surface area (Å²) in [5.41, 5.74) is -1.78. The third-order valence-corrected chi connectivity index (χ3v) is 7.41. The van der Waals surface area contributed by atoms with Crippen molar-refractivity contribution in [1.29, 1.82) is 0 Å². The van der Waals surface area contributed by atoms with E-state index >= 15 is 0 Å². The number of hydrogen-bond acceptors (Lipinski definition) is 17. The zero-order valence-electron chi connectivity index (χ0n) is 22.7. The summed E-state index contributed by atoms with van der Waals surface area (Å²) < 4.78 is 28.2. The van der Waals surface area contributed by atoms with E-state index in [0.29, 0.717) is 0 Å². The van der Waals surface area contributed by atoms with E-state index in [2.05, 4.69) is 0 Å². The fourth-order valence-corrected chi connectivity index (χ4v) is 4.99. The Morgan fingerprint density at radius 1 is 0.773 bits per heavy atom. The van der Waals surface area contributed by atoms with E-state index in [1.54, 1.807) is 0 Å². The topological polar surface area (TPSA) is 290 Å². The first kappa shape index (κ1) is 31.5. The lowest BCUT2D eigenvalue weighted by molar-refractivity contribution is -0.354. The molecule has 2 aliphatic heterocycles. The molecule has 0 aliphatic carbocycles. The molecule has 4 unspecified atom stereocenters. The fraction of sp³-hybridized carbons (Fsp3) is 0.444. The highest BCUT2D eigenvalue weighted by Crippen LogP contribution is 2.43. The molecule has 2 saturated heterocycles. The molecule has 10 atom stereocenters. The number of aromatic hydroxyl groups is 5. The van der Waals surface area contributed by atoms with Crippen LogP contribution in [0.3, 0.4) is 0 Å². The van der Waals surface area contributed by atoms with Crippen LogP contribution < -0.4 is 10.2 Å². The van der Waals surface area contributed by atoms with Gasteiger partial charge in [-0.25, -0.2) is 0 Å². The maximum Gasteiger partial charge on any atom is 0.239 e. The number of phenolic OH excluding ortho intramolecular Hbond substituents is 5. The number of rotatable bonds is 6. The number of aliphatic hydroxyl groups excluding tert-OH is 6. The monoisotopic (exact) mass is 626 g/mol. The Hall–Kier alpha value is -3.91. The normalized spacial score (nSPS) is 32.5. The first-order valence-electron chi connectivity index (χ1n) is 13.2. The molecule has 0 radical (unpaired) electrons. The van der Waals surface area contributed by atoms with Gasteiger partial charge in [0.05, 0.1) is 12.7 Å². The largest absolute Gasteiger partial charge is 0.508 e. The summed E-state index contributed by atoms with van der Waals surface area (Å²) >= 11 is 0. The van der Waals surface area contributed by atoms with Gasteiger partial charge < -0.3 is 79.5 Å². The van der Waals surface area contributed by atoms with Crippen molar-refractivity contribution in [2.24, 2.45) is 0 Å². The van der Waals surface area contributed by atoms with Crippen LogP contribution in [-0.2, 0) is 14.2 Å². The van der Waals surface area contributed by atoms with Crippen LogP contribution in [-0.4, -0.2) is 124 Å². The lowest BCUT2D eigenvalue weighted by Gasteiger charge is -2.45. The lowest BCUT2D eigenvalue weighted by Crippen LogP contribution is -2.64. The van der Waals surface area contributed by atoms with Gasteiger partial charge in [-0.2, -0.15) is 0 Å². The summed E-state index contributed by atoms with van der Waals surface area (Å²) in [6.45, 7) is 0.488. The minimum atomic E-state index is -1.95. The molecule has 1 aromatic heterocycles. The van der Waals surface area contributed by atoms with E-state index in [9.17, 15) is 61.0 Å². The van der Waals surface area contributed by atoms with Crippen molar-refractivity contribution in [1.82, 2.24) is 0 Å². The van der Waals surface area contributed by atoms with Crippen LogP contribution in [0.2, 0.25) is 0 Å². The third kappa shape index (κ3) is 5.45. The maximum atomic E-state index is 13.7. The van der Waals surface area contributed by atoms with Gasteiger partial charge in [-0.05, 0) is 19.1 Å². The number of aliphatic hydroxyl groups is 6. The van der Waals surface area contributed by atoms with Gasteiger partial charge >= 0.3 is 0 Å². The van der Waals surface area contributed by atoms with E-state index < -0.39 is 119 Å². The van der Waals surface area contributed by atoms with Gasteiger partial charge in [0.2, 0.25) is 17.5 Å². The number of phenols is 5. The second-order valence-electron chi connectivity index (χ2n) is 10.4. The zero-order chi connectivity index (χ0) is 32.2. The van der Waals surface area contributed by atoms with Crippen molar-refractivity contribution >= 4 is 11.0 Å². The minimum Gasteiger partial charge on any atom is -0.508 e. The molecule has 2 fully saturated rings. The van der Waals surface area contributed by atoms with E-state index in [1.807, 2.05) is 0 Å². The average molecular weight is 627 g/mol. The zero-order valence-corrected chi connectivity index (χ0v) is 22.7. The van der Waals surface area contributed by atoms with Crippen molar-refractivity contribution in [3.63, 3.8) is 0 Å². The molecule has 44 heavy (non-hydrogen) atoms. The van der Waals surface area contributed by atoms with Crippen LogP contribution in [0.25, 0.3) is 22.3 Å². The van der Waals surface area contributed by atoms with Crippen molar-refractivity contribution in [3.05, 3.63) is 34.5 Å². The second kappa shape index (κ2) is 11.9. The highest BCUT2D eigenvalue weighted by Gasteiger charge is 2.51. The molecule has 2 aromatic carbocycles. The number of hydrogen-bond donors (Lipinski definition) is 11. The molecule has 11 N–H and O–H groups in total. The van der Waals surface area contributed by atoms with E-state index in [1.165, 1.54) is 6.92 Å². The summed E-state index contributed by atoms with van der Waals surface area (Å²) in [4.78, 5) is 13.7. The Bertz CT molecular complexity index is 1570. The summed E-state index contributed by atoms with van der Waals surface area (Å²) in [5, 5.41) is 112. The molecule has 17 heteroatoms. The Morgan fingerprint density at radius 2 is 1.43 bits per heavy atom. The standard InChI is InChI=1S/C27H30O17/c1-7-16(33)20(37)22(39)26(40-7)44-25-21(38)18(35)14(6-28)42-27(25)43-24-19(36)15-10(30)4-9(29)5-13(15)41-23(24)8-2-11(31)17(34)12(32)3-8/h2-5,7,14,16,18,20-22,25-35,37-39H,6H2,1H3/t7?,14?,16-,18+,20?,21-,22-,25?,26-,27-/m0/s1. The molecule has 2 aliphatic rings. The number of ether oxygens (including phenoxy) is 4. The van der Waals surface area contributed by atoms with Crippen LogP contribution in [0, 0.1) is 0 Å². The molecule has 3 heterocycles. The molecular weight excluding hydrogens is 596 g/mol. The molecule has 3 aromatic rings. The van der Waals surface area contributed by atoms with Crippen molar-refractivity contribution < 1.29 is 79.5 Å². The van der Waals surface area contributed by atoms with Crippen LogP contribution in [0.4, 0.5) is 0 Å². The van der Waals surface area contributed by atoms with Gasteiger partial charge in [0.1, 0.15) is 59.1 Å². The summed E-state index contributed by atoms with van der Waals surface area (Å²) in [6, 6.07) is 3.55. The molecule has 0 bridgehead atoms. The molecule has 0 saturated carbocycles. The first-order chi connectivity index (χ1) is 20.7.